The van der Waals surface area contributed by atoms with Crippen LogP contribution in [0.25, 0.3) is 0 Å². The molecule has 0 aromatic heterocycles. The Balaban J connectivity index is 2.44. The molecule has 0 bridgehead atoms. The second-order valence-corrected chi connectivity index (χ2v) is 6.70. The number of halogens is 1. The molecule has 1 atom stereocenters. The fraction of sp³-hybridized carbons (Fsp3) is 1.00. The van der Waals surface area contributed by atoms with E-state index in [1.807, 2.05) is 0 Å². The molecule has 16 heavy (non-hydrogen) atoms. The van der Waals surface area contributed by atoms with E-state index in [2.05, 4.69) is 32.4 Å². The monoisotopic (exact) mass is 267 g/mol. The predicted molar refractivity (Wildman–Crippen MR) is 69.8 cm³/mol. The zero-order valence-electron chi connectivity index (χ0n) is 10.6. The van der Waals surface area contributed by atoms with Gasteiger partial charge in [0, 0.05) is 25.3 Å². The average Bonchev–Trinajstić information content (AvgIpc) is 2.17. The summed E-state index contributed by atoms with van der Waals surface area (Å²) in [6.07, 6.45) is 2.21. The lowest BCUT2D eigenvalue weighted by atomic mass is 10.2. The van der Waals surface area contributed by atoms with E-state index < -0.39 is 7.65 Å². The van der Waals surface area contributed by atoms with Crippen molar-refractivity contribution in [3.8, 4) is 0 Å². The first-order chi connectivity index (χ1) is 7.52. The van der Waals surface area contributed by atoms with Gasteiger partial charge in [-0.3, -0.25) is 0 Å². The first-order valence-electron chi connectivity index (χ1n) is 6.01. The van der Waals surface area contributed by atoms with Gasteiger partial charge in [0.15, 0.2) is 0 Å². The van der Waals surface area contributed by atoms with Crippen molar-refractivity contribution in [1.29, 1.82) is 0 Å². The first kappa shape index (κ1) is 14.7. The molecular formula is C11H23ClNO2P. The molecule has 0 aromatic carbocycles. The molecule has 0 aromatic rings. The third-order valence-electron chi connectivity index (χ3n) is 2.64. The van der Waals surface area contributed by atoms with Crippen molar-refractivity contribution in [2.24, 2.45) is 0 Å². The van der Waals surface area contributed by atoms with Crippen LogP contribution >= 0.6 is 18.9 Å². The van der Waals surface area contributed by atoms with Gasteiger partial charge < -0.3 is 9.26 Å². The summed E-state index contributed by atoms with van der Waals surface area (Å²) in [6, 6.07) is 0.840. The standard InChI is InChI=1S/C11H23ClNO2P/c1-9(2)13(10(3)4)16(12)15-11-5-7-14-8-6-11/h9-11H,5-8H2,1-4H3. The maximum atomic E-state index is 6.40. The van der Waals surface area contributed by atoms with E-state index >= 15 is 0 Å². The highest BCUT2D eigenvalue weighted by Crippen LogP contribution is 2.51. The van der Waals surface area contributed by atoms with E-state index in [0.29, 0.717) is 12.1 Å². The van der Waals surface area contributed by atoms with Crippen molar-refractivity contribution in [3.05, 3.63) is 0 Å². The Morgan fingerprint density at radius 2 is 1.69 bits per heavy atom. The SMILES string of the molecule is CC(C)N(C(C)C)P(Cl)OC1CCOCC1. The minimum atomic E-state index is -0.996. The highest BCUT2D eigenvalue weighted by Gasteiger charge is 2.27. The number of hydrogen-bond acceptors (Lipinski definition) is 3. The molecule has 1 rings (SSSR count). The van der Waals surface area contributed by atoms with Crippen molar-refractivity contribution in [2.45, 2.75) is 58.7 Å². The highest BCUT2D eigenvalue weighted by molar-refractivity contribution is 7.78. The minimum absolute atomic E-state index is 0.275. The Hall–Kier alpha value is 0.600. The summed E-state index contributed by atoms with van der Waals surface area (Å²) >= 11 is 6.40. The summed E-state index contributed by atoms with van der Waals surface area (Å²) in [7, 11) is -0.996. The van der Waals surface area contributed by atoms with Crippen LogP contribution in [0.1, 0.15) is 40.5 Å². The average molecular weight is 268 g/mol. The quantitative estimate of drug-likeness (QED) is 0.708. The van der Waals surface area contributed by atoms with Crippen molar-refractivity contribution in [3.63, 3.8) is 0 Å². The Morgan fingerprint density at radius 1 is 1.19 bits per heavy atom. The Labute approximate surface area is 105 Å². The van der Waals surface area contributed by atoms with Crippen LogP contribution in [0.4, 0.5) is 0 Å². The molecular weight excluding hydrogens is 245 g/mol. The number of ether oxygens (including phenoxy) is 1. The number of rotatable bonds is 5. The lowest BCUT2D eigenvalue weighted by Gasteiger charge is -2.35. The summed E-state index contributed by atoms with van der Waals surface area (Å²) in [5, 5.41) is 0. The molecule has 96 valence electrons. The minimum Gasteiger partial charge on any atom is -0.381 e. The fourth-order valence-corrected chi connectivity index (χ4v) is 4.60. The molecule has 3 nitrogen and oxygen atoms in total. The number of hydrogen-bond donors (Lipinski definition) is 0. The molecule has 1 unspecified atom stereocenters. The summed E-state index contributed by atoms with van der Waals surface area (Å²) in [5.41, 5.74) is 0. The van der Waals surface area contributed by atoms with Gasteiger partial charge in [0.25, 0.3) is 0 Å². The molecule has 1 aliphatic rings. The smallest absolute Gasteiger partial charge is 0.207 e. The maximum Gasteiger partial charge on any atom is 0.207 e. The van der Waals surface area contributed by atoms with Crippen LogP contribution in [0.5, 0.6) is 0 Å². The molecule has 0 spiro atoms. The van der Waals surface area contributed by atoms with Crippen LogP contribution in [0.2, 0.25) is 0 Å². The molecule has 0 amide bonds. The van der Waals surface area contributed by atoms with E-state index in [4.69, 9.17) is 20.5 Å². The maximum absolute atomic E-state index is 6.40. The van der Waals surface area contributed by atoms with E-state index in [9.17, 15) is 0 Å². The fourth-order valence-electron chi connectivity index (χ4n) is 1.92. The van der Waals surface area contributed by atoms with Crippen molar-refractivity contribution in [1.82, 2.24) is 4.67 Å². The van der Waals surface area contributed by atoms with Crippen LogP contribution in [0.3, 0.4) is 0 Å². The summed E-state index contributed by atoms with van der Waals surface area (Å²) < 4.78 is 13.5. The van der Waals surface area contributed by atoms with Crippen molar-refractivity contribution < 1.29 is 9.26 Å². The zero-order valence-corrected chi connectivity index (χ0v) is 12.3. The third kappa shape index (κ3) is 4.46. The van der Waals surface area contributed by atoms with Gasteiger partial charge in [-0.15, -0.1) is 0 Å². The molecule has 0 aliphatic carbocycles. The molecule has 0 N–H and O–H groups in total. The third-order valence-corrected chi connectivity index (χ3v) is 5.17. The molecule has 1 heterocycles. The highest BCUT2D eigenvalue weighted by atomic mass is 35.7. The topological polar surface area (TPSA) is 21.7 Å². The summed E-state index contributed by atoms with van der Waals surface area (Å²) in [5.74, 6) is 0. The lowest BCUT2D eigenvalue weighted by Crippen LogP contribution is -2.33. The van der Waals surface area contributed by atoms with Crippen LogP contribution < -0.4 is 0 Å². The van der Waals surface area contributed by atoms with E-state index in [1.165, 1.54) is 0 Å². The molecule has 0 saturated carbocycles. The van der Waals surface area contributed by atoms with Crippen molar-refractivity contribution in [2.75, 3.05) is 13.2 Å². The molecule has 1 saturated heterocycles. The van der Waals surface area contributed by atoms with Gasteiger partial charge in [-0.25, -0.2) is 4.67 Å². The Kier molecular flexibility index (Phi) is 6.53. The van der Waals surface area contributed by atoms with E-state index in [1.54, 1.807) is 0 Å². The predicted octanol–water partition coefficient (Wildman–Crippen LogP) is 3.77. The second-order valence-electron chi connectivity index (χ2n) is 4.71. The van der Waals surface area contributed by atoms with Gasteiger partial charge in [-0.2, -0.15) is 0 Å². The molecule has 1 fully saturated rings. The van der Waals surface area contributed by atoms with Crippen LogP contribution in [0.15, 0.2) is 0 Å². The summed E-state index contributed by atoms with van der Waals surface area (Å²) in [4.78, 5) is 0. The number of nitrogens with zero attached hydrogens (tertiary/aromatic N) is 1. The zero-order chi connectivity index (χ0) is 12.1. The van der Waals surface area contributed by atoms with Gasteiger partial charge in [0.05, 0.1) is 6.10 Å². The lowest BCUT2D eigenvalue weighted by molar-refractivity contribution is 0.0276. The molecule has 1 aliphatic heterocycles. The van der Waals surface area contributed by atoms with Gasteiger partial charge >= 0.3 is 0 Å². The second kappa shape index (κ2) is 7.13. The molecule has 0 radical (unpaired) electrons. The first-order valence-corrected chi connectivity index (χ1v) is 8.12. The normalized spacial score (nSPS) is 21.0. The van der Waals surface area contributed by atoms with E-state index in [0.717, 1.165) is 26.1 Å². The summed E-state index contributed by atoms with van der Waals surface area (Å²) in [6.45, 7) is 10.2. The largest absolute Gasteiger partial charge is 0.381 e. The molecule has 5 heteroatoms. The van der Waals surface area contributed by atoms with Crippen molar-refractivity contribution >= 4 is 18.9 Å². The van der Waals surface area contributed by atoms with Gasteiger partial charge in [0.1, 0.15) is 0 Å². The van der Waals surface area contributed by atoms with E-state index in [-0.39, 0.29) is 6.10 Å². The Bertz CT molecular complexity index is 190. The Morgan fingerprint density at radius 3 is 2.12 bits per heavy atom. The van der Waals surface area contributed by atoms with Gasteiger partial charge in [0.2, 0.25) is 7.65 Å². The van der Waals surface area contributed by atoms with Gasteiger partial charge in [-0.05, 0) is 51.8 Å². The van der Waals surface area contributed by atoms with Gasteiger partial charge in [-0.1, -0.05) is 0 Å². The van der Waals surface area contributed by atoms with Crippen LogP contribution in [0, 0.1) is 0 Å². The van der Waals surface area contributed by atoms with Crippen LogP contribution in [-0.4, -0.2) is 36.1 Å². The van der Waals surface area contributed by atoms with Crippen LogP contribution in [-0.2, 0) is 9.26 Å².